The average molecular weight is 636 g/mol. The van der Waals surface area contributed by atoms with Gasteiger partial charge >= 0.3 is 0 Å². The van der Waals surface area contributed by atoms with Crippen LogP contribution in [0.5, 0.6) is 11.5 Å². The molecule has 2 heterocycles. The van der Waals surface area contributed by atoms with Crippen molar-refractivity contribution in [3.63, 3.8) is 0 Å². The van der Waals surface area contributed by atoms with Crippen LogP contribution in [0.3, 0.4) is 0 Å². The van der Waals surface area contributed by atoms with E-state index in [9.17, 15) is 0 Å². The molecule has 0 spiro atoms. The molecule has 1 aromatic heterocycles. The number of hydrogen-bond acceptors (Lipinski definition) is 1. The van der Waals surface area contributed by atoms with Crippen LogP contribution in [0.25, 0.3) is 93.2 Å². The third-order valence-electron chi connectivity index (χ3n) is 10.6. The fourth-order valence-electron chi connectivity index (χ4n) is 8.27. The van der Waals surface area contributed by atoms with Gasteiger partial charge < -0.3 is 9.30 Å². The molecule has 0 unspecified atom stereocenters. The summed E-state index contributed by atoms with van der Waals surface area (Å²) in [7, 11) is 0. The van der Waals surface area contributed by atoms with Gasteiger partial charge in [-0.05, 0) is 68.2 Å². The van der Waals surface area contributed by atoms with Crippen molar-refractivity contribution in [2.45, 2.75) is 0 Å². The molecule has 0 N–H and O–H groups in total. The van der Waals surface area contributed by atoms with Gasteiger partial charge in [0.15, 0.2) is 0 Å². The van der Waals surface area contributed by atoms with E-state index in [1.54, 1.807) is 0 Å². The van der Waals surface area contributed by atoms with Crippen LogP contribution in [0.15, 0.2) is 176 Å². The Kier molecular flexibility index (Phi) is 5.70. The second-order valence-electron chi connectivity index (χ2n) is 13.3. The summed E-state index contributed by atoms with van der Waals surface area (Å²) in [6.07, 6.45) is 0. The van der Waals surface area contributed by atoms with Gasteiger partial charge in [-0.1, -0.05) is 152 Å². The standard InChI is InChI=1S/C48H29NO/c1-3-10-37-32(8-1)22-26-42-43-27-23-33-9-2-4-11-38(33)48(43)49(47(37)42)35-24-20-31(21-25-35)30-16-18-34(19-17-30)36-28-29-45-46-40(36)13-7-14-41(46)39-12-5-6-15-44(39)50-45/h1-29H. The van der Waals surface area contributed by atoms with E-state index < -0.39 is 0 Å². The highest BCUT2D eigenvalue weighted by atomic mass is 16.5. The number of ether oxygens (including phenoxy) is 1. The number of benzene rings is 9. The highest BCUT2D eigenvalue weighted by molar-refractivity contribution is 6.23. The van der Waals surface area contributed by atoms with Crippen LogP contribution in [0, 0.1) is 0 Å². The van der Waals surface area contributed by atoms with E-state index in [2.05, 4.69) is 168 Å². The normalized spacial score (nSPS) is 12.2. The molecule has 0 radical (unpaired) electrons. The molecule has 0 saturated heterocycles. The first-order valence-corrected chi connectivity index (χ1v) is 17.2. The zero-order chi connectivity index (χ0) is 32.8. The summed E-state index contributed by atoms with van der Waals surface area (Å²) in [6, 6.07) is 63.8. The number of aromatic nitrogens is 1. The fraction of sp³-hybridized carbons (Fsp3) is 0. The van der Waals surface area contributed by atoms with Crippen molar-refractivity contribution < 1.29 is 4.74 Å². The van der Waals surface area contributed by atoms with E-state index in [0.717, 1.165) is 22.7 Å². The van der Waals surface area contributed by atoms with Gasteiger partial charge in [-0.2, -0.15) is 0 Å². The molecule has 232 valence electrons. The predicted octanol–water partition coefficient (Wildman–Crippen LogP) is 13.3. The summed E-state index contributed by atoms with van der Waals surface area (Å²) >= 11 is 0. The Labute approximate surface area is 289 Å². The Morgan fingerprint density at radius 3 is 1.58 bits per heavy atom. The van der Waals surface area contributed by atoms with Crippen LogP contribution < -0.4 is 4.74 Å². The third kappa shape index (κ3) is 3.90. The summed E-state index contributed by atoms with van der Waals surface area (Å²) in [4.78, 5) is 0. The average Bonchev–Trinajstić information content (AvgIpc) is 3.54. The van der Waals surface area contributed by atoms with Crippen LogP contribution in [0.2, 0.25) is 0 Å². The van der Waals surface area contributed by atoms with Gasteiger partial charge in [0.1, 0.15) is 11.5 Å². The lowest BCUT2D eigenvalue weighted by Gasteiger charge is -2.22. The summed E-state index contributed by atoms with van der Waals surface area (Å²) in [5.74, 6) is 1.83. The van der Waals surface area contributed by atoms with E-state index in [0.29, 0.717) is 0 Å². The summed E-state index contributed by atoms with van der Waals surface area (Å²) < 4.78 is 8.82. The molecule has 0 fully saturated rings. The molecular formula is C48H29NO. The zero-order valence-electron chi connectivity index (χ0n) is 27.1. The van der Waals surface area contributed by atoms with Crippen molar-refractivity contribution in [1.82, 2.24) is 4.57 Å². The van der Waals surface area contributed by atoms with Crippen molar-refractivity contribution in [1.29, 1.82) is 0 Å². The fourth-order valence-corrected chi connectivity index (χ4v) is 8.27. The highest BCUT2D eigenvalue weighted by Gasteiger charge is 2.21. The van der Waals surface area contributed by atoms with Gasteiger partial charge in [0.2, 0.25) is 0 Å². The van der Waals surface area contributed by atoms with Crippen LogP contribution in [0.4, 0.5) is 0 Å². The number of hydrogen-bond donors (Lipinski definition) is 0. The highest BCUT2D eigenvalue weighted by Crippen LogP contribution is 2.48. The van der Waals surface area contributed by atoms with E-state index >= 15 is 0 Å². The second-order valence-corrected chi connectivity index (χ2v) is 13.3. The molecule has 2 heteroatoms. The van der Waals surface area contributed by atoms with Gasteiger partial charge in [-0.15, -0.1) is 0 Å². The quantitative estimate of drug-likeness (QED) is 0.188. The number of nitrogens with zero attached hydrogens (tertiary/aromatic N) is 1. The lowest BCUT2D eigenvalue weighted by atomic mass is 9.90. The minimum atomic E-state index is 0.912. The Morgan fingerprint density at radius 2 is 0.880 bits per heavy atom. The molecule has 0 amide bonds. The van der Waals surface area contributed by atoms with Crippen molar-refractivity contribution in [3.05, 3.63) is 176 Å². The number of fused-ring (bicyclic) bond motifs is 9. The maximum atomic E-state index is 6.34. The van der Waals surface area contributed by atoms with Gasteiger partial charge in [-0.25, -0.2) is 0 Å². The van der Waals surface area contributed by atoms with E-state index in [4.69, 9.17) is 4.74 Å². The van der Waals surface area contributed by atoms with E-state index in [1.807, 2.05) is 12.1 Å². The molecule has 1 aliphatic rings. The lowest BCUT2D eigenvalue weighted by Crippen LogP contribution is -1.97. The molecule has 10 aromatic rings. The third-order valence-corrected chi connectivity index (χ3v) is 10.6. The Morgan fingerprint density at radius 1 is 0.320 bits per heavy atom. The van der Waals surface area contributed by atoms with Crippen LogP contribution >= 0.6 is 0 Å². The van der Waals surface area contributed by atoms with Gasteiger partial charge in [0, 0.05) is 38.2 Å². The van der Waals surface area contributed by atoms with Crippen molar-refractivity contribution in [2.75, 3.05) is 0 Å². The first kappa shape index (κ1) is 27.3. The summed E-state index contributed by atoms with van der Waals surface area (Å²) in [5, 5.41) is 9.96. The van der Waals surface area contributed by atoms with Crippen LogP contribution in [-0.2, 0) is 0 Å². The minimum absolute atomic E-state index is 0.912. The Bertz CT molecular complexity index is 2890. The predicted molar refractivity (Wildman–Crippen MR) is 210 cm³/mol. The summed E-state index contributed by atoms with van der Waals surface area (Å²) in [5.41, 5.74) is 10.8. The zero-order valence-corrected chi connectivity index (χ0v) is 27.1. The monoisotopic (exact) mass is 635 g/mol. The van der Waals surface area contributed by atoms with Crippen LogP contribution in [0.1, 0.15) is 0 Å². The Balaban J connectivity index is 1.02. The van der Waals surface area contributed by atoms with E-state index in [-0.39, 0.29) is 0 Å². The molecule has 9 aromatic carbocycles. The number of rotatable bonds is 3. The second kappa shape index (κ2) is 10.4. The molecular weight excluding hydrogens is 607 g/mol. The molecule has 0 bridgehead atoms. The molecule has 2 nitrogen and oxygen atoms in total. The molecule has 0 saturated carbocycles. The molecule has 50 heavy (non-hydrogen) atoms. The topological polar surface area (TPSA) is 14.2 Å². The molecule has 0 atom stereocenters. The van der Waals surface area contributed by atoms with Crippen molar-refractivity contribution in [3.8, 4) is 50.6 Å². The smallest absolute Gasteiger partial charge is 0.135 e. The van der Waals surface area contributed by atoms with Crippen molar-refractivity contribution in [2.24, 2.45) is 0 Å². The maximum absolute atomic E-state index is 6.34. The summed E-state index contributed by atoms with van der Waals surface area (Å²) in [6.45, 7) is 0. The molecule has 11 rings (SSSR count). The minimum Gasteiger partial charge on any atom is -0.456 e. The van der Waals surface area contributed by atoms with Gasteiger partial charge in [0.25, 0.3) is 0 Å². The largest absolute Gasteiger partial charge is 0.456 e. The first-order valence-electron chi connectivity index (χ1n) is 17.2. The van der Waals surface area contributed by atoms with Crippen LogP contribution in [-0.4, -0.2) is 4.57 Å². The van der Waals surface area contributed by atoms with Crippen molar-refractivity contribution >= 4 is 54.1 Å². The number of para-hydroxylation sites is 1. The molecule has 1 aliphatic heterocycles. The SMILES string of the molecule is c1ccc2c(c1)Oc1ccc(-c3ccc(-c4ccc(-n5c6c7ccccc7ccc6c6ccc7ccccc7c65)cc4)cc3)c3cccc-2c13. The van der Waals surface area contributed by atoms with Gasteiger partial charge in [-0.3, -0.25) is 0 Å². The van der Waals surface area contributed by atoms with E-state index in [1.165, 1.54) is 81.9 Å². The maximum Gasteiger partial charge on any atom is 0.135 e. The Hall–Kier alpha value is -6.64. The van der Waals surface area contributed by atoms with Gasteiger partial charge in [0.05, 0.1) is 11.0 Å². The first-order chi connectivity index (χ1) is 24.8. The molecule has 0 aliphatic carbocycles. The lowest BCUT2D eigenvalue weighted by molar-refractivity contribution is 0.487.